The highest BCUT2D eigenvalue weighted by atomic mass is 35.5. The van der Waals surface area contributed by atoms with Gasteiger partial charge in [-0.3, -0.25) is 4.79 Å². The van der Waals surface area contributed by atoms with E-state index < -0.39 is 44.9 Å². The summed E-state index contributed by atoms with van der Waals surface area (Å²) >= 11 is 5.85. The van der Waals surface area contributed by atoms with E-state index in [4.69, 9.17) is 16.3 Å². The van der Waals surface area contributed by atoms with Gasteiger partial charge in [-0.05, 0) is 36.4 Å². The third-order valence-electron chi connectivity index (χ3n) is 3.77. The lowest BCUT2D eigenvalue weighted by Crippen LogP contribution is -2.18. The van der Waals surface area contributed by atoms with Gasteiger partial charge in [-0.2, -0.15) is 13.2 Å². The van der Waals surface area contributed by atoms with Crippen LogP contribution in [0.3, 0.4) is 0 Å². The molecule has 0 unspecified atom stereocenters. The number of pyridine rings is 1. The van der Waals surface area contributed by atoms with Gasteiger partial charge in [-0.25, -0.2) is 17.8 Å². The number of hydrogen-bond acceptors (Lipinski definition) is 7. The highest BCUT2D eigenvalue weighted by Gasteiger charge is 2.35. The number of rotatable bonds is 5. The quantitative estimate of drug-likeness (QED) is 0.535. The summed E-state index contributed by atoms with van der Waals surface area (Å²) in [5, 5.41) is 7.96. The topological polar surface area (TPSA) is 111 Å². The lowest BCUT2D eigenvalue weighted by molar-refractivity contribution is -0.141. The van der Waals surface area contributed by atoms with Gasteiger partial charge in [-0.1, -0.05) is 11.6 Å². The van der Waals surface area contributed by atoms with Gasteiger partial charge in [0.1, 0.15) is 17.1 Å². The van der Waals surface area contributed by atoms with E-state index in [1.165, 1.54) is 6.07 Å². The second kappa shape index (κ2) is 8.67. The number of alkyl halides is 3. The van der Waals surface area contributed by atoms with Crippen LogP contribution in [0.5, 0.6) is 11.6 Å². The van der Waals surface area contributed by atoms with Crippen LogP contribution in [0.2, 0.25) is 5.02 Å². The average Bonchev–Trinajstić information content (AvgIpc) is 2.69. The Balaban J connectivity index is 2.01. The standard InChI is InChI=1S/C18H11ClF4N4O4S/c1-32(29,30)15-7-10(4-5-24-15)25-16(28)11-8-14(18(21,22)23)26-27-17(11)31-13-3-2-9(20)6-12(13)19/h2-8H,1H3,(H,24,25,28). The molecule has 1 amide bonds. The number of carbonyl (C=O) groups is 1. The van der Waals surface area contributed by atoms with Crippen molar-refractivity contribution in [1.29, 1.82) is 0 Å². The first-order valence-corrected chi connectivity index (χ1v) is 10.7. The molecule has 168 valence electrons. The molecular weight excluding hydrogens is 480 g/mol. The molecule has 0 aliphatic rings. The van der Waals surface area contributed by atoms with Crippen LogP contribution in [0.25, 0.3) is 0 Å². The highest BCUT2D eigenvalue weighted by molar-refractivity contribution is 7.90. The van der Waals surface area contributed by atoms with Gasteiger partial charge in [0.15, 0.2) is 20.6 Å². The molecule has 1 N–H and O–H groups in total. The number of aromatic nitrogens is 3. The van der Waals surface area contributed by atoms with Gasteiger partial charge in [0.05, 0.1) is 5.02 Å². The number of benzene rings is 1. The number of carbonyl (C=O) groups excluding carboxylic acids is 1. The largest absolute Gasteiger partial charge is 0.435 e. The second-order valence-corrected chi connectivity index (χ2v) is 8.60. The predicted molar refractivity (Wildman–Crippen MR) is 104 cm³/mol. The number of nitrogens with one attached hydrogen (secondary N) is 1. The summed E-state index contributed by atoms with van der Waals surface area (Å²) in [5.41, 5.74) is -2.24. The number of halogens is 5. The molecule has 1 aromatic carbocycles. The Hall–Kier alpha value is -3.32. The smallest absolute Gasteiger partial charge is 0.435 e. The van der Waals surface area contributed by atoms with E-state index in [1.54, 1.807) is 0 Å². The number of sulfone groups is 1. The Labute approximate surface area is 183 Å². The summed E-state index contributed by atoms with van der Waals surface area (Å²) in [4.78, 5) is 16.4. The Kier molecular flexibility index (Phi) is 6.32. The molecule has 0 aliphatic carbocycles. The van der Waals surface area contributed by atoms with Crippen molar-refractivity contribution in [3.8, 4) is 11.6 Å². The third kappa shape index (κ3) is 5.48. The predicted octanol–water partition coefficient (Wildman–Crippen LogP) is 4.13. The van der Waals surface area contributed by atoms with E-state index >= 15 is 0 Å². The Morgan fingerprint density at radius 1 is 1.12 bits per heavy atom. The van der Waals surface area contributed by atoms with Gasteiger partial charge in [0.25, 0.3) is 11.8 Å². The number of nitrogens with zero attached hydrogens (tertiary/aromatic N) is 3. The van der Waals surface area contributed by atoms with Crippen molar-refractivity contribution in [2.24, 2.45) is 0 Å². The molecule has 14 heteroatoms. The van der Waals surface area contributed by atoms with Crippen molar-refractivity contribution < 1.29 is 35.5 Å². The van der Waals surface area contributed by atoms with Crippen LogP contribution in [0.4, 0.5) is 23.2 Å². The monoisotopic (exact) mass is 490 g/mol. The normalized spacial score (nSPS) is 11.8. The van der Waals surface area contributed by atoms with Crippen LogP contribution >= 0.6 is 11.6 Å². The van der Waals surface area contributed by atoms with E-state index in [0.717, 1.165) is 36.7 Å². The zero-order valence-electron chi connectivity index (χ0n) is 15.8. The minimum atomic E-state index is -4.92. The van der Waals surface area contributed by atoms with Crippen LogP contribution in [0.15, 0.2) is 47.6 Å². The van der Waals surface area contributed by atoms with Gasteiger partial charge in [0.2, 0.25) is 0 Å². The lowest BCUT2D eigenvalue weighted by Gasteiger charge is -2.13. The first-order chi connectivity index (χ1) is 14.8. The van der Waals surface area contributed by atoms with Gasteiger partial charge >= 0.3 is 6.18 Å². The Morgan fingerprint density at radius 2 is 1.84 bits per heavy atom. The van der Waals surface area contributed by atoms with Crippen molar-refractivity contribution in [3.63, 3.8) is 0 Å². The molecular formula is C18H11ClF4N4O4S. The fourth-order valence-corrected chi connectivity index (χ4v) is 3.11. The SMILES string of the molecule is CS(=O)(=O)c1cc(NC(=O)c2cc(C(F)(F)F)nnc2Oc2ccc(F)cc2Cl)ccn1. The van der Waals surface area contributed by atoms with Gasteiger partial charge < -0.3 is 10.1 Å². The van der Waals surface area contributed by atoms with Crippen LogP contribution in [-0.2, 0) is 16.0 Å². The fourth-order valence-electron chi connectivity index (χ4n) is 2.31. The van der Waals surface area contributed by atoms with Crippen molar-refractivity contribution >= 4 is 33.0 Å². The molecule has 3 rings (SSSR count). The lowest BCUT2D eigenvalue weighted by atomic mass is 10.2. The number of amides is 1. The van der Waals surface area contributed by atoms with E-state index in [2.05, 4.69) is 20.5 Å². The van der Waals surface area contributed by atoms with E-state index in [1.807, 2.05) is 0 Å². The first kappa shape index (κ1) is 23.3. The van der Waals surface area contributed by atoms with Gasteiger partial charge in [-0.15, -0.1) is 10.2 Å². The molecule has 8 nitrogen and oxygen atoms in total. The van der Waals surface area contributed by atoms with Crippen LogP contribution in [0, 0.1) is 5.82 Å². The maximum absolute atomic E-state index is 13.2. The van der Waals surface area contributed by atoms with E-state index in [9.17, 15) is 30.8 Å². The van der Waals surface area contributed by atoms with E-state index in [-0.39, 0.29) is 21.5 Å². The summed E-state index contributed by atoms with van der Waals surface area (Å²) in [7, 11) is -3.71. The molecule has 0 radical (unpaired) electrons. The van der Waals surface area contributed by atoms with E-state index in [0.29, 0.717) is 6.07 Å². The minimum Gasteiger partial charge on any atom is -0.435 e. The summed E-state index contributed by atoms with van der Waals surface area (Å²) in [6.45, 7) is 0. The molecule has 0 fully saturated rings. The van der Waals surface area contributed by atoms with Crippen molar-refractivity contribution in [2.75, 3.05) is 11.6 Å². The fraction of sp³-hybridized carbons (Fsp3) is 0.111. The van der Waals surface area contributed by atoms with Crippen LogP contribution in [0.1, 0.15) is 16.1 Å². The van der Waals surface area contributed by atoms with Crippen molar-refractivity contribution in [1.82, 2.24) is 15.2 Å². The molecule has 0 saturated heterocycles. The second-order valence-electron chi connectivity index (χ2n) is 6.23. The molecule has 0 atom stereocenters. The average molecular weight is 491 g/mol. The minimum absolute atomic E-state index is 0.0680. The zero-order valence-corrected chi connectivity index (χ0v) is 17.4. The zero-order chi connectivity index (χ0) is 23.7. The molecule has 0 saturated carbocycles. The Morgan fingerprint density at radius 3 is 2.47 bits per heavy atom. The molecule has 2 heterocycles. The Bertz CT molecular complexity index is 1300. The van der Waals surface area contributed by atoms with Gasteiger partial charge in [0, 0.05) is 18.1 Å². The summed E-state index contributed by atoms with van der Waals surface area (Å²) in [6.07, 6.45) is -2.94. The van der Waals surface area contributed by atoms with Crippen LogP contribution in [-0.4, -0.2) is 35.8 Å². The number of anilines is 1. The van der Waals surface area contributed by atoms with Crippen molar-refractivity contribution in [2.45, 2.75) is 11.2 Å². The maximum Gasteiger partial charge on any atom is 0.435 e. The molecule has 0 bridgehead atoms. The summed E-state index contributed by atoms with van der Waals surface area (Å²) in [5.74, 6) is -2.66. The molecule has 0 spiro atoms. The van der Waals surface area contributed by atoms with Crippen molar-refractivity contribution in [3.05, 3.63) is 64.7 Å². The van der Waals surface area contributed by atoms with Crippen LogP contribution < -0.4 is 10.1 Å². The molecule has 2 aromatic heterocycles. The first-order valence-electron chi connectivity index (χ1n) is 8.40. The number of hydrogen-bond donors (Lipinski definition) is 1. The number of ether oxygens (including phenoxy) is 1. The summed E-state index contributed by atoms with van der Waals surface area (Å²) in [6, 6.07) is 5.58. The molecule has 0 aliphatic heterocycles. The molecule has 3 aromatic rings. The highest BCUT2D eigenvalue weighted by Crippen LogP contribution is 2.33. The molecule has 32 heavy (non-hydrogen) atoms. The third-order valence-corrected chi connectivity index (χ3v) is 5.05. The summed E-state index contributed by atoms with van der Waals surface area (Å²) < 4.78 is 81.1. The maximum atomic E-state index is 13.2.